The molecule has 0 aliphatic rings. The van der Waals surface area contributed by atoms with Crippen LogP contribution in [0.1, 0.15) is 5.56 Å². The van der Waals surface area contributed by atoms with Gasteiger partial charge in [-0.3, -0.25) is 4.57 Å². The topological polar surface area (TPSA) is 56.7 Å². The predicted octanol–water partition coefficient (Wildman–Crippen LogP) is 2.31. The highest BCUT2D eigenvalue weighted by molar-refractivity contribution is 5.77. The number of nitrogens with two attached hydrogens (primary N) is 1. The van der Waals surface area contributed by atoms with Gasteiger partial charge in [0.05, 0.1) is 5.69 Å². The third kappa shape index (κ3) is 1.54. The molecule has 0 spiro atoms. The number of hydrogen-bond acceptors (Lipinski definition) is 3. The third-order valence-electron chi connectivity index (χ3n) is 2.67. The van der Waals surface area contributed by atoms with Gasteiger partial charge in [0.15, 0.2) is 5.65 Å². The quantitative estimate of drug-likeness (QED) is 0.690. The molecule has 2 heterocycles. The van der Waals surface area contributed by atoms with Crippen LogP contribution in [0.15, 0.2) is 42.6 Å². The molecule has 2 aromatic heterocycles. The van der Waals surface area contributed by atoms with Crippen LogP contribution in [0.5, 0.6) is 0 Å². The first-order valence-corrected chi connectivity index (χ1v) is 5.42. The Morgan fingerprint density at radius 3 is 2.71 bits per heavy atom. The molecule has 3 rings (SSSR count). The number of hydrogen-bond donors (Lipinski definition) is 1. The van der Waals surface area contributed by atoms with Crippen molar-refractivity contribution in [2.45, 2.75) is 6.92 Å². The Hall–Kier alpha value is -2.36. The number of benzene rings is 1. The molecule has 1 aromatic carbocycles. The lowest BCUT2D eigenvalue weighted by molar-refractivity contribution is 1.08. The zero-order valence-electron chi connectivity index (χ0n) is 9.46. The van der Waals surface area contributed by atoms with Crippen molar-refractivity contribution in [1.82, 2.24) is 14.5 Å². The fourth-order valence-electron chi connectivity index (χ4n) is 1.91. The minimum atomic E-state index is 0.462. The van der Waals surface area contributed by atoms with Crippen LogP contribution in [-0.2, 0) is 0 Å². The first kappa shape index (κ1) is 9.84. The van der Waals surface area contributed by atoms with Gasteiger partial charge in [0.2, 0.25) is 5.95 Å². The van der Waals surface area contributed by atoms with Gasteiger partial charge in [-0.1, -0.05) is 18.2 Å². The van der Waals surface area contributed by atoms with E-state index in [9.17, 15) is 0 Å². The molecule has 0 aliphatic heterocycles. The lowest BCUT2D eigenvalue weighted by Crippen LogP contribution is -2.00. The van der Waals surface area contributed by atoms with Crippen molar-refractivity contribution in [3.8, 4) is 5.69 Å². The number of imidazole rings is 1. The van der Waals surface area contributed by atoms with Gasteiger partial charge in [0, 0.05) is 6.20 Å². The maximum Gasteiger partial charge on any atom is 0.207 e. The molecule has 0 amide bonds. The number of para-hydroxylation sites is 1. The summed E-state index contributed by atoms with van der Waals surface area (Å²) in [5.41, 5.74) is 9.62. The SMILES string of the molecule is Cc1cnc2c(c1)nc(N)n2-c1ccccc1. The van der Waals surface area contributed by atoms with Gasteiger partial charge in [-0.15, -0.1) is 0 Å². The van der Waals surface area contributed by atoms with Crippen LogP contribution in [-0.4, -0.2) is 14.5 Å². The van der Waals surface area contributed by atoms with Crippen molar-refractivity contribution in [3.05, 3.63) is 48.2 Å². The maximum atomic E-state index is 5.95. The average molecular weight is 224 g/mol. The Kier molecular flexibility index (Phi) is 2.08. The van der Waals surface area contributed by atoms with Crippen molar-refractivity contribution in [2.24, 2.45) is 0 Å². The molecule has 3 aromatic rings. The largest absolute Gasteiger partial charge is 0.369 e. The Balaban J connectivity index is 2.33. The van der Waals surface area contributed by atoms with Crippen LogP contribution in [0, 0.1) is 6.92 Å². The molecule has 2 N–H and O–H groups in total. The number of aromatic nitrogens is 3. The molecule has 0 bridgehead atoms. The Morgan fingerprint density at radius 1 is 1.18 bits per heavy atom. The number of pyridine rings is 1. The van der Waals surface area contributed by atoms with E-state index in [0.29, 0.717) is 5.95 Å². The van der Waals surface area contributed by atoms with Crippen LogP contribution in [0.25, 0.3) is 16.9 Å². The predicted molar refractivity (Wildman–Crippen MR) is 68.0 cm³/mol. The Morgan fingerprint density at radius 2 is 1.94 bits per heavy atom. The minimum Gasteiger partial charge on any atom is -0.369 e. The second kappa shape index (κ2) is 3.59. The molecular formula is C13H12N4. The summed E-state index contributed by atoms with van der Waals surface area (Å²) in [5, 5.41) is 0. The molecule has 4 heteroatoms. The van der Waals surface area contributed by atoms with E-state index in [4.69, 9.17) is 5.73 Å². The Labute approximate surface area is 98.7 Å². The maximum absolute atomic E-state index is 5.95. The number of nitrogens with zero attached hydrogens (tertiary/aromatic N) is 3. The van der Waals surface area contributed by atoms with Gasteiger partial charge in [0.25, 0.3) is 0 Å². The van der Waals surface area contributed by atoms with E-state index < -0.39 is 0 Å². The van der Waals surface area contributed by atoms with Crippen molar-refractivity contribution in [1.29, 1.82) is 0 Å². The average Bonchev–Trinajstić information content (AvgIpc) is 2.65. The van der Waals surface area contributed by atoms with Gasteiger partial charge in [-0.25, -0.2) is 9.97 Å². The first-order valence-electron chi connectivity index (χ1n) is 5.42. The molecule has 0 saturated heterocycles. The van der Waals surface area contributed by atoms with E-state index in [-0.39, 0.29) is 0 Å². The van der Waals surface area contributed by atoms with Crippen LogP contribution >= 0.6 is 0 Å². The number of rotatable bonds is 1. The van der Waals surface area contributed by atoms with Crippen molar-refractivity contribution < 1.29 is 0 Å². The number of nitrogen functional groups attached to an aromatic ring is 1. The van der Waals surface area contributed by atoms with E-state index in [1.54, 1.807) is 0 Å². The fourth-order valence-corrected chi connectivity index (χ4v) is 1.91. The van der Waals surface area contributed by atoms with Crippen molar-refractivity contribution in [3.63, 3.8) is 0 Å². The van der Waals surface area contributed by atoms with Crippen LogP contribution < -0.4 is 5.73 Å². The summed E-state index contributed by atoms with van der Waals surface area (Å²) in [4.78, 5) is 8.73. The molecule has 0 radical (unpaired) electrons. The van der Waals surface area contributed by atoms with Crippen molar-refractivity contribution >= 4 is 17.1 Å². The summed E-state index contributed by atoms with van der Waals surface area (Å²) in [6.45, 7) is 1.99. The molecule has 84 valence electrons. The smallest absolute Gasteiger partial charge is 0.207 e. The molecule has 0 atom stereocenters. The van der Waals surface area contributed by atoms with E-state index in [0.717, 1.165) is 22.4 Å². The molecule has 0 fully saturated rings. The molecule has 17 heavy (non-hydrogen) atoms. The normalized spacial score (nSPS) is 10.9. The van der Waals surface area contributed by atoms with E-state index in [2.05, 4.69) is 9.97 Å². The highest BCUT2D eigenvalue weighted by Gasteiger charge is 2.10. The second-order valence-electron chi connectivity index (χ2n) is 4.00. The van der Waals surface area contributed by atoms with Gasteiger partial charge in [0.1, 0.15) is 5.52 Å². The standard InChI is InChI=1S/C13H12N4/c1-9-7-11-12(15-8-9)17(13(14)16-11)10-5-3-2-4-6-10/h2-8H,1H3,(H2,14,16). The van der Waals surface area contributed by atoms with Gasteiger partial charge in [-0.05, 0) is 30.7 Å². The zero-order valence-corrected chi connectivity index (χ0v) is 9.46. The monoisotopic (exact) mass is 224 g/mol. The van der Waals surface area contributed by atoms with Gasteiger partial charge in [-0.2, -0.15) is 0 Å². The molecular weight excluding hydrogens is 212 g/mol. The van der Waals surface area contributed by atoms with Gasteiger partial charge >= 0.3 is 0 Å². The molecule has 4 nitrogen and oxygen atoms in total. The highest BCUT2D eigenvalue weighted by Crippen LogP contribution is 2.21. The summed E-state index contributed by atoms with van der Waals surface area (Å²) in [6, 6.07) is 11.9. The molecule has 0 aliphatic carbocycles. The van der Waals surface area contributed by atoms with Crippen LogP contribution in [0.2, 0.25) is 0 Å². The highest BCUT2D eigenvalue weighted by atomic mass is 15.2. The molecule has 0 saturated carbocycles. The summed E-state index contributed by atoms with van der Waals surface area (Å²) in [5.74, 6) is 0.462. The summed E-state index contributed by atoms with van der Waals surface area (Å²) < 4.78 is 1.86. The third-order valence-corrected chi connectivity index (χ3v) is 2.67. The van der Waals surface area contributed by atoms with E-state index in [1.807, 2.05) is 54.1 Å². The minimum absolute atomic E-state index is 0.462. The number of anilines is 1. The second-order valence-corrected chi connectivity index (χ2v) is 4.00. The first-order chi connectivity index (χ1) is 8.25. The van der Waals surface area contributed by atoms with Crippen molar-refractivity contribution in [2.75, 3.05) is 5.73 Å². The van der Waals surface area contributed by atoms with Crippen LogP contribution in [0.4, 0.5) is 5.95 Å². The lowest BCUT2D eigenvalue weighted by atomic mass is 10.3. The van der Waals surface area contributed by atoms with E-state index >= 15 is 0 Å². The lowest BCUT2D eigenvalue weighted by Gasteiger charge is -2.04. The number of fused-ring (bicyclic) bond motifs is 1. The zero-order chi connectivity index (χ0) is 11.8. The van der Waals surface area contributed by atoms with Crippen LogP contribution in [0.3, 0.4) is 0 Å². The van der Waals surface area contributed by atoms with E-state index in [1.165, 1.54) is 0 Å². The number of aryl methyl sites for hydroxylation is 1. The fraction of sp³-hybridized carbons (Fsp3) is 0.0769. The van der Waals surface area contributed by atoms with Gasteiger partial charge < -0.3 is 5.73 Å². The molecule has 0 unspecified atom stereocenters. The summed E-state index contributed by atoms with van der Waals surface area (Å²) >= 11 is 0. The summed E-state index contributed by atoms with van der Waals surface area (Å²) in [6.07, 6.45) is 1.82. The Bertz CT molecular complexity index is 670. The summed E-state index contributed by atoms with van der Waals surface area (Å²) in [7, 11) is 0.